The fourth-order valence-corrected chi connectivity index (χ4v) is 5.11. The summed E-state index contributed by atoms with van der Waals surface area (Å²) in [5.74, 6) is -0.0925. The second-order valence-electron chi connectivity index (χ2n) is 7.29. The van der Waals surface area contributed by atoms with Gasteiger partial charge in [0.2, 0.25) is 0 Å². The van der Waals surface area contributed by atoms with Gasteiger partial charge in [-0.1, -0.05) is 17.7 Å². The van der Waals surface area contributed by atoms with Crippen LogP contribution in [-0.2, 0) is 21.3 Å². The lowest BCUT2D eigenvalue weighted by atomic mass is 10.1. The summed E-state index contributed by atoms with van der Waals surface area (Å²) in [4.78, 5) is 13.1. The van der Waals surface area contributed by atoms with E-state index in [9.17, 15) is 13.2 Å². The summed E-state index contributed by atoms with van der Waals surface area (Å²) in [6, 6.07) is 10.5. The van der Waals surface area contributed by atoms with Gasteiger partial charge in [-0.3, -0.25) is 4.79 Å². The number of benzene rings is 2. The Kier molecular flexibility index (Phi) is 5.07. The van der Waals surface area contributed by atoms with Crippen molar-refractivity contribution in [2.75, 3.05) is 12.4 Å². The third-order valence-corrected chi connectivity index (χ3v) is 6.84. The van der Waals surface area contributed by atoms with Crippen molar-refractivity contribution in [3.63, 3.8) is 0 Å². The molecule has 0 aliphatic carbocycles. The summed E-state index contributed by atoms with van der Waals surface area (Å²) in [5.41, 5.74) is 4.11. The van der Waals surface area contributed by atoms with E-state index >= 15 is 0 Å². The number of nitrogens with one attached hydrogen (secondary N) is 1. The number of aryl methyl sites for hydroxylation is 2. The first-order valence-corrected chi connectivity index (χ1v) is 11.4. The van der Waals surface area contributed by atoms with Crippen molar-refractivity contribution >= 4 is 33.2 Å². The number of rotatable bonds is 4. The zero-order chi connectivity index (χ0) is 21.6. The van der Waals surface area contributed by atoms with Crippen molar-refractivity contribution in [1.29, 1.82) is 0 Å². The van der Waals surface area contributed by atoms with Gasteiger partial charge >= 0.3 is 0 Å². The largest absolute Gasteiger partial charge is 0.496 e. The van der Waals surface area contributed by atoms with E-state index in [2.05, 4.69) is 10.4 Å². The predicted molar refractivity (Wildman–Crippen MR) is 115 cm³/mol. The van der Waals surface area contributed by atoms with Crippen LogP contribution in [0.1, 0.15) is 32.7 Å². The fourth-order valence-electron chi connectivity index (χ4n) is 3.45. The number of nitrogens with zero attached hydrogens (tertiary/aromatic N) is 2. The van der Waals surface area contributed by atoms with Crippen LogP contribution in [0.5, 0.6) is 5.75 Å². The van der Waals surface area contributed by atoms with Crippen LogP contribution in [0, 0.1) is 13.8 Å². The van der Waals surface area contributed by atoms with Crippen LogP contribution in [0.3, 0.4) is 0 Å². The summed E-state index contributed by atoms with van der Waals surface area (Å²) >= 11 is 6.06. The lowest BCUT2D eigenvalue weighted by Crippen LogP contribution is -2.18. The highest BCUT2D eigenvalue weighted by molar-refractivity contribution is 7.90. The maximum atomic E-state index is 13.1. The molecule has 0 saturated heterocycles. The number of hydrogen-bond donors (Lipinski definition) is 1. The van der Waals surface area contributed by atoms with Gasteiger partial charge in [-0.25, -0.2) is 13.1 Å². The number of halogens is 1. The molecule has 156 valence electrons. The van der Waals surface area contributed by atoms with E-state index in [-0.39, 0.29) is 17.1 Å². The summed E-state index contributed by atoms with van der Waals surface area (Å²) in [5, 5.41) is 7.72. The molecule has 0 atom stereocenters. The molecule has 1 N–H and O–H groups in total. The van der Waals surface area contributed by atoms with Gasteiger partial charge in [-0.2, -0.15) is 5.10 Å². The first-order chi connectivity index (χ1) is 14.2. The SMILES string of the molecule is COc1ccc(Cl)cc1C(=O)Nc1c2c(nn1-c1ccc(C)c(C)c1)CS(=O)(=O)C2. The number of ether oxygens (including phenoxy) is 1. The smallest absolute Gasteiger partial charge is 0.260 e. The molecule has 2 heterocycles. The van der Waals surface area contributed by atoms with Crippen molar-refractivity contribution < 1.29 is 17.9 Å². The lowest BCUT2D eigenvalue weighted by Gasteiger charge is -2.14. The topological polar surface area (TPSA) is 90.3 Å². The third-order valence-electron chi connectivity index (χ3n) is 5.16. The molecule has 1 aliphatic heterocycles. The summed E-state index contributed by atoms with van der Waals surface area (Å²) in [6.45, 7) is 3.98. The second kappa shape index (κ2) is 7.45. The maximum Gasteiger partial charge on any atom is 0.260 e. The minimum Gasteiger partial charge on any atom is -0.496 e. The third kappa shape index (κ3) is 3.68. The van der Waals surface area contributed by atoms with E-state index in [0.717, 1.165) is 16.8 Å². The van der Waals surface area contributed by atoms with Gasteiger partial charge in [0.25, 0.3) is 5.91 Å². The Hall–Kier alpha value is -2.84. The van der Waals surface area contributed by atoms with Crippen molar-refractivity contribution in [2.45, 2.75) is 25.4 Å². The van der Waals surface area contributed by atoms with E-state index in [1.165, 1.54) is 13.2 Å². The van der Waals surface area contributed by atoms with Gasteiger partial charge in [0, 0.05) is 10.6 Å². The second-order valence-corrected chi connectivity index (χ2v) is 9.79. The standard InChI is InChI=1S/C21H20ClN3O4S/c1-12-4-6-15(8-13(12)2)25-20(17-10-30(27,28)11-18(17)24-25)23-21(26)16-9-14(22)5-7-19(16)29-3/h4-9H,10-11H2,1-3H3,(H,23,26). The lowest BCUT2D eigenvalue weighted by molar-refractivity contribution is 0.102. The summed E-state index contributed by atoms with van der Waals surface area (Å²) < 4.78 is 31.2. The van der Waals surface area contributed by atoms with Gasteiger partial charge in [-0.05, 0) is 55.3 Å². The van der Waals surface area contributed by atoms with Crippen LogP contribution in [0.25, 0.3) is 5.69 Å². The van der Waals surface area contributed by atoms with Crippen molar-refractivity contribution in [3.05, 3.63) is 69.4 Å². The molecule has 0 spiro atoms. The van der Waals surface area contributed by atoms with Crippen LogP contribution in [0.2, 0.25) is 5.02 Å². The predicted octanol–water partition coefficient (Wildman–Crippen LogP) is 3.83. The van der Waals surface area contributed by atoms with Gasteiger partial charge in [0.15, 0.2) is 9.84 Å². The molecule has 30 heavy (non-hydrogen) atoms. The molecule has 0 bridgehead atoms. The Morgan fingerprint density at radius 3 is 2.60 bits per heavy atom. The van der Waals surface area contributed by atoms with Crippen LogP contribution < -0.4 is 10.1 Å². The first-order valence-electron chi connectivity index (χ1n) is 9.22. The van der Waals surface area contributed by atoms with Gasteiger partial charge < -0.3 is 10.1 Å². The van der Waals surface area contributed by atoms with Crippen molar-refractivity contribution in [2.24, 2.45) is 0 Å². The Bertz CT molecular complexity index is 1280. The van der Waals surface area contributed by atoms with Crippen LogP contribution in [-0.4, -0.2) is 31.2 Å². The first kappa shape index (κ1) is 20.4. The highest BCUT2D eigenvalue weighted by atomic mass is 35.5. The normalized spacial score (nSPS) is 14.4. The number of amides is 1. The number of carbonyl (C=O) groups is 1. The molecule has 9 heteroatoms. The number of carbonyl (C=O) groups excluding carboxylic acids is 1. The Labute approximate surface area is 179 Å². The summed E-state index contributed by atoms with van der Waals surface area (Å²) in [6.07, 6.45) is 0. The Morgan fingerprint density at radius 2 is 1.90 bits per heavy atom. The highest BCUT2D eigenvalue weighted by Gasteiger charge is 2.33. The van der Waals surface area contributed by atoms with E-state index < -0.39 is 15.7 Å². The fraction of sp³-hybridized carbons (Fsp3) is 0.238. The molecule has 1 amide bonds. The van der Waals surface area contributed by atoms with Gasteiger partial charge in [0.1, 0.15) is 11.6 Å². The van der Waals surface area contributed by atoms with E-state index in [4.69, 9.17) is 16.3 Å². The van der Waals surface area contributed by atoms with Crippen molar-refractivity contribution in [1.82, 2.24) is 9.78 Å². The van der Waals surface area contributed by atoms with Crippen LogP contribution >= 0.6 is 11.6 Å². The van der Waals surface area contributed by atoms with Crippen LogP contribution in [0.4, 0.5) is 5.82 Å². The van der Waals surface area contributed by atoms with Crippen molar-refractivity contribution in [3.8, 4) is 11.4 Å². The van der Waals surface area contributed by atoms with E-state index in [1.54, 1.807) is 16.8 Å². The number of sulfone groups is 1. The van der Waals surface area contributed by atoms with E-state index in [0.29, 0.717) is 27.8 Å². The van der Waals surface area contributed by atoms with Gasteiger partial charge in [0.05, 0.1) is 35.6 Å². The summed E-state index contributed by atoms with van der Waals surface area (Å²) in [7, 11) is -1.83. The van der Waals surface area contributed by atoms with E-state index in [1.807, 2.05) is 32.0 Å². The van der Waals surface area contributed by atoms with Crippen LogP contribution in [0.15, 0.2) is 36.4 Å². The minimum absolute atomic E-state index is 0.149. The highest BCUT2D eigenvalue weighted by Crippen LogP contribution is 2.34. The molecule has 7 nitrogen and oxygen atoms in total. The molecular formula is C21H20ClN3O4S. The molecule has 1 aromatic heterocycles. The quantitative estimate of drug-likeness (QED) is 0.659. The Balaban J connectivity index is 1.81. The minimum atomic E-state index is -3.29. The number of aromatic nitrogens is 2. The monoisotopic (exact) mass is 445 g/mol. The molecule has 0 fully saturated rings. The zero-order valence-corrected chi connectivity index (χ0v) is 18.3. The molecule has 0 saturated carbocycles. The average Bonchev–Trinajstić information content (AvgIpc) is 3.16. The Morgan fingerprint density at radius 1 is 1.13 bits per heavy atom. The molecular weight excluding hydrogens is 426 g/mol. The molecule has 0 radical (unpaired) electrons. The maximum absolute atomic E-state index is 13.1. The molecule has 4 rings (SSSR count). The number of anilines is 1. The number of fused-ring (bicyclic) bond motifs is 1. The molecule has 3 aromatic rings. The average molecular weight is 446 g/mol. The molecule has 0 unspecified atom stereocenters. The van der Waals surface area contributed by atoms with Gasteiger partial charge in [-0.15, -0.1) is 0 Å². The molecule has 2 aromatic carbocycles. The zero-order valence-electron chi connectivity index (χ0n) is 16.7. The number of hydrogen-bond acceptors (Lipinski definition) is 5. The molecule has 1 aliphatic rings. The number of methoxy groups -OCH3 is 1.